The Balaban J connectivity index is 2.50. The molecule has 0 saturated heterocycles. The number of carboxylic acids is 1. The molecule has 0 fully saturated rings. The summed E-state index contributed by atoms with van der Waals surface area (Å²) in [7, 11) is 3.62. The predicted octanol–water partition coefficient (Wildman–Crippen LogP) is 0.264. The number of nitrogens with one attached hydrogen (secondary N) is 1. The van der Waals surface area contributed by atoms with Crippen molar-refractivity contribution in [1.29, 1.82) is 0 Å². The van der Waals surface area contributed by atoms with Crippen molar-refractivity contribution in [2.24, 2.45) is 7.05 Å². The van der Waals surface area contributed by atoms with Crippen LogP contribution in [0.5, 0.6) is 0 Å². The van der Waals surface area contributed by atoms with Gasteiger partial charge in [0, 0.05) is 26.9 Å². The Morgan fingerprint density at radius 2 is 2.29 bits per heavy atom. The Morgan fingerprint density at radius 1 is 1.57 bits per heavy atom. The van der Waals surface area contributed by atoms with Crippen molar-refractivity contribution in [3.05, 3.63) is 5.82 Å². The number of aryl methyl sites for hydroxylation is 1. The molecule has 0 aromatic carbocycles. The van der Waals surface area contributed by atoms with E-state index >= 15 is 0 Å². The average Bonchev–Trinajstić information content (AvgIpc) is 2.47. The summed E-state index contributed by atoms with van der Waals surface area (Å²) in [5, 5.41) is 19.2. The van der Waals surface area contributed by atoms with Gasteiger partial charge in [-0.25, -0.2) is 0 Å². The first-order chi connectivity index (χ1) is 6.65. The first kappa shape index (κ1) is 10.5. The van der Waals surface area contributed by atoms with E-state index in [0.29, 0.717) is 18.8 Å². The molecular formula is C8H14N4O2. The van der Waals surface area contributed by atoms with Crippen LogP contribution in [0.4, 0.5) is 5.95 Å². The number of carboxylic acid groups (broad SMARTS) is 1. The second-order valence-electron chi connectivity index (χ2n) is 3.00. The molecule has 0 aliphatic rings. The molecule has 78 valence electrons. The zero-order valence-electron chi connectivity index (χ0n) is 8.32. The zero-order valence-corrected chi connectivity index (χ0v) is 8.32. The number of nitrogens with zero attached hydrogens (tertiary/aromatic N) is 3. The van der Waals surface area contributed by atoms with Crippen molar-refractivity contribution in [3.63, 3.8) is 0 Å². The van der Waals surface area contributed by atoms with Crippen LogP contribution in [-0.2, 0) is 18.3 Å². The van der Waals surface area contributed by atoms with E-state index in [1.807, 2.05) is 11.6 Å². The third-order valence-corrected chi connectivity index (χ3v) is 1.98. The number of hydrogen-bond donors (Lipinski definition) is 2. The van der Waals surface area contributed by atoms with Gasteiger partial charge in [-0.05, 0) is 6.42 Å². The van der Waals surface area contributed by atoms with Crippen molar-refractivity contribution < 1.29 is 9.90 Å². The van der Waals surface area contributed by atoms with Crippen LogP contribution in [0, 0.1) is 0 Å². The quantitative estimate of drug-likeness (QED) is 0.709. The van der Waals surface area contributed by atoms with Crippen molar-refractivity contribution in [2.45, 2.75) is 19.3 Å². The fourth-order valence-electron chi connectivity index (χ4n) is 1.19. The molecule has 1 rings (SSSR count). The summed E-state index contributed by atoms with van der Waals surface area (Å²) in [4.78, 5) is 10.3. The zero-order chi connectivity index (χ0) is 10.6. The Labute approximate surface area is 82.0 Å². The highest BCUT2D eigenvalue weighted by molar-refractivity contribution is 5.66. The molecule has 0 saturated carbocycles. The molecule has 0 amide bonds. The van der Waals surface area contributed by atoms with E-state index in [9.17, 15) is 4.79 Å². The standard InChI is InChI=1S/C8H14N4O2/c1-9-8-11-10-6(12(8)2)4-3-5-7(13)14/h3-5H2,1-2H3,(H,9,11)(H,13,14). The van der Waals surface area contributed by atoms with E-state index < -0.39 is 5.97 Å². The minimum Gasteiger partial charge on any atom is -0.481 e. The van der Waals surface area contributed by atoms with Gasteiger partial charge in [-0.2, -0.15) is 0 Å². The second kappa shape index (κ2) is 4.59. The molecule has 6 heteroatoms. The van der Waals surface area contributed by atoms with Crippen LogP contribution in [-0.4, -0.2) is 32.9 Å². The first-order valence-electron chi connectivity index (χ1n) is 4.43. The van der Waals surface area contributed by atoms with Crippen molar-refractivity contribution in [1.82, 2.24) is 14.8 Å². The van der Waals surface area contributed by atoms with E-state index in [-0.39, 0.29) is 6.42 Å². The normalized spacial score (nSPS) is 10.1. The molecule has 0 aliphatic carbocycles. The SMILES string of the molecule is CNc1nnc(CCCC(=O)O)n1C. The highest BCUT2D eigenvalue weighted by Gasteiger charge is 2.07. The molecular weight excluding hydrogens is 184 g/mol. The largest absolute Gasteiger partial charge is 0.481 e. The van der Waals surface area contributed by atoms with E-state index in [4.69, 9.17) is 5.11 Å². The summed E-state index contributed by atoms with van der Waals surface area (Å²) in [6.07, 6.45) is 1.39. The van der Waals surface area contributed by atoms with Crippen LogP contribution < -0.4 is 5.32 Å². The van der Waals surface area contributed by atoms with Crippen molar-refractivity contribution >= 4 is 11.9 Å². The van der Waals surface area contributed by atoms with E-state index in [1.165, 1.54) is 0 Å². The molecule has 0 radical (unpaired) electrons. The highest BCUT2D eigenvalue weighted by Crippen LogP contribution is 2.06. The van der Waals surface area contributed by atoms with Gasteiger partial charge in [0.2, 0.25) is 5.95 Å². The molecule has 6 nitrogen and oxygen atoms in total. The van der Waals surface area contributed by atoms with Gasteiger partial charge in [-0.1, -0.05) is 0 Å². The van der Waals surface area contributed by atoms with E-state index in [0.717, 1.165) is 5.82 Å². The highest BCUT2D eigenvalue weighted by atomic mass is 16.4. The first-order valence-corrected chi connectivity index (χ1v) is 4.43. The number of carbonyl (C=O) groups is 1. The smallest absolute Gasteiger partial charge is 0.303 e. The Hall–Kier alpha value is -1.59. The van der Waals surface area contributed by atoms with Gasteiger partial charge in [0.1, 0.15) is 5.82 Å². The lowest BCUT2D eigenvalue weighted by Crippen LogP contribution is -2.03. The van der Waals surface area contributed by atoms with Gasteiger partial charge in [0.15, 0.2) is 0 Å². The lowest BCUT2D eigenvalue weighted by atomic mass is 10.2. The Bertz CT molecular complexity index is 321. The monoisotopic (exact) mass is 198 g/mol. The summed E-state index contributed by atoms with van der Waals surface area (Å²) in [5.74, 6) is 0.715. The number of aromatic nitrogens is 3. The molecule has 0 unspecified atom stereocenters. The van der Waals surface area contributed by atoms with Crippen molar-refractivity contribution in [3.8, 4) is 0 Å². The van der Waals surface area contributed by atoms with Gasteiger partial charge in [-0.3, -0.25) is 4.79 Å². The van der Waals surface area contributed by atoms with Crippen LogP contribution in [0.3, 0.4) is 0 Å². The predicted molar refractivity (Wildman–Crippen MR) is 51.1 cm³/mol. The number of rotatable bonds is 5. The molecule has 0 aliphatic heterocycles. The maximum Gasteiger partial charge on any atom is 0.303 e. The molecule has 14 heavy (non-hydrogen) atoms. The Morgan fingerprint density at radius 3 is 2.79 bits per heavy atom. The lowest BCUT2D eigenvalue weighted by Gasteiger charge is -2.01. The summed E-state index contributed by atoms with van der Waals surface area (Å²) in [5.41, 5.74) is 0. The van der Waals surface area contributed by atoms with Crippen LogP contribution >= 0.6 is 0 Å². The molecule has 1 heterocycles. The van der Waals surface area contributed by atoms with Gasteiger partial charge >= 0.3 is 5.97 Å². The minimum atomic E-state index is -0.777. The maximum atomic E-state index is 10.3. The molecule has 2 N–H and O–H groups in total. The van der Waals surface area contributed by atoms with E-state index in [1.54, 1.807) is 7.05 Å². The van der Waals surface area contributed by atoms with Gasteiger partial charge < -0.3 is 15.0 Å². The number of hydrogen-bond acceptors (Lipinski definition) is 4. The van der Waals surface area contributed by atoms with Gasteiger partial charge in [-0.15, -0.1) is 10.2 Å². The number of anilines is 1. The molecule has 0 spiro atoms. The molecule has 1 aromatic rings. The topological polar surface area (TPSA) is 80.0 Å². The maximum absolute atomic E-state index is 10.3. The summed E-state index contributed by atoms with van der Waals surface area (Å²) >= 11 is 0. The summed E-state index contributed by atoms with van der Waals surface area (Å²) in [6, 6.07) is 0. The fourth-order valence-corrected chi connectivity index (χ4v) is 1.19. The van der Waals surface area contributed by atoms with Crippen LogP contribution in [0.2, 0.25) is 0 Å². The summed E-state index contributed by atoms with van der Waals surface area (Å²) in [6.45, 7) is 0. The van der Waals surface area contributed by atoms with Gasteiger partial charge in [0.05, 0.1) is 0 Å². The van der Waals surface area contributed by atoms with E-state index in [2.05, 4.69) is 15.5 Å². The minimum absolute atomic E-state index is 0.168. The second-order valence-corrected chi connectivity index (χ2v) is 3.00. The average molecular weight is 198 g/mol. The fraction of sp³-hybridized carbons (Fsp3) is 0.625. The van der Waals surface area contributed by atoms with Crippen LogP contribution in [0.15, 0.2) is 0 Å². The number of aliphatic carboxylic acids is 1. The third kappa shape index (κ3) is 2.45. The third-order valence-electron chi connectivity index (χ3n) is 1.98. The van der Waals surface area contributed by atoms with Gasteiger partial charge in [0.25, 0.3) is 0 Å². The molecule has 1 aromatic heterocycles. The van der Waals surface area contributed by atoms with Crippen LogP contribution in [0.1, 0.15) is 18.7 Å². The molecule has 0 bridgehead atoms. The molecule has 0 atom stereocenters. The Kier molecular flexibility index (Phi) is 3.44. The van der Waals surface area contributed by atoms with Crippen molar-refractivity contribution in [2.75, 3.05) is 12.4 Å². The van der Waals surface area contributed by atoms with Crippen LogP contribution in [0.25, 0.3) is 0 Å². The lowest BCUT2D eigenvalue weighted by molar-refractivity contribution is -0.137. The summed E-state index contributed by atoms with van der Waals surface area (Å²) < 4.78 is 1.82.